The van der Waals surface area contributed by atoms with Crippen LogP contribution in [0, 0.1) is 5.92 Å². The summed E-state index contributed by atoms with van der Waals surface area (Å²) in [5, 5.41) is 6.84. The number of hydrogen-bond donors (Lipinski definition) is 2. The molecule has 5 nitrogen and oxygen atoms in total. The first-order valence-electron chi connectivity index (χ1n) is 9.11. The number of likely N-dealkylation sites (tertiary alicyclic amines) is 1. The molecule has 27 heavy (non-hydrogen) atoms. The molecule has 2 aromatic rings. The standard InChI is InChI=1S/C21H24ClN3O2/c1-3-23-13-14-6-4-9-17(10-14)24-21(27)18-12-19(26)25(2)20(18)15-7-5-8-16(22)11-15/h4-11,18,20,23H,3,12-13H2,1-2H3,(H,24,27). The van der Waals surface area contributed by atoms with Crippen LogP contribution in [-0.4, -0.2) is 30.3 Å². The molecule has 0 bridgehead atoms. The number of nitrogens with one attached hydrogen (secondary N) is 2. The molecule has 2 aromatic carbocycles. The van der Waals surface area contributed by atoms with Gasteiger partial charge in [-0.05, 0) is 41.9 Å². The van der Waals surface area contributed by atoms with E-state index in [-0.39, 0.29) is 24.3 Å². The minimum atomic E-state index is -0.460. The third-order valence-electron chi connectivity index (χ3n) is 4.89. The van der Waals surface area contributed by atoms with Crippen molar-refractivity contribution in [2.24, 2.45) is 5.92 Å². The van der Waals surface area contributed by atoms with Gasteiger partial charge in [-0.3, -0.25) is 9.59 Å². The SMILES string of the molecule is CCNCc1cccc(NC(=O)C2CC(=O)N(C)C2c2cccc(Cl)c2)c1. The molecule has 2 N–H and O–H groups in total. The van der Waals surface area contributed by atoms with Crippen LogP contribution in [-0.2, 0) is 16.1 Å². The number of benzene rings is 2. The van der Waals surface area contributed by atoms with Gasteiger partial charge in [0.05, 0.1) is 12.0 Å². The fourth-order valence-electron chi connectivity index (χ4n) is 3.51. The van der Waals surface area contributed by atoms with Crippen LogP contribution in [0.25, 0.3) is 0 Å². The Hall–Kier alpha value is -2.37. The maximum Gasteiger partial charge on any atom is 0.230 e. The Morgan fingerprint density at radius 2 is 2.00 bits per heavy atom. The lowest BCUT2D eigenvalue weighted by molar-refractivity contribution is -0.127. The second-order valence-electron chi connectivity index (χ2n) is 6.79. The van der Waals surface area contributed by atoms with Crippen LogP contribution in [0.5, 0.6) is 0 Å². The Bertz CT molecular complexity index is 840. The van der Waals surface area contributed by atoms with Crippen molar-refractivity contribution in [1.82, 2.24) is 10.2 Å². The maximum absolute atomic E-state index is 13.0. The lowest BCUT2D eigenvalue weighted by Crippen LogP contribution is -2.30. The summed E-state index contributed by atoms with van der Waals surface area (Å²) >= 11 is 6.11. The third-order valence-corrected chi connectivity index (χ3v) is 5.12. The average Bonchev–Trinajstić information content (AvgIpc) is 2.95. The highest BCUT2D eigenvalue weighted by atomic mass is 35.5. The molecular formula is C21H24ClN3O2. The molecular weight excluding hydrogens is 362 g/mol. The van der Waals surface area contributed by atoms with Crippen LogP contribution in [0.15, 0.2) is 48.5 Å². The van der Waals surface area contributed by atoms with Crippen LogP contribution in [0.3, 0.4) is 0 Å². The number of carbonyl (C=O) groups is 2. The highest BCUT2D eigenvalue weighted by molar-refractivity contribution is 6.30. The van der Waals surface area contributed by atoms with Crippen LogP contribution in [0.2, 0.25) is 5.02 Å². The molecule has 2 amide bonds. The summed E-state index contributed by atoms with van der Waals surface area (Å²) in [5.74, 6) is -0.655. The van der Waals surface area contributed by atoms with Crippen molar-refractivity contribution in [3.63, 3.8) is 0 Å². The van der Waals surface area contributed by atoms with Gasteiger partial charge in [0.1, 0.15) is 0 Å². The minimum absolute atomic E-state index is 0.0407. The summed E-state index contributed by atoms with van der Waals surface area (Å²) in [7, 11) is 1.73. The summed E-state index contributed by atoms with van der Waals surface area (Å²) in [4.78, 5) is 26.9. The zero-order valence-corrected chi connectivity index (χ0v) is 16.3. The predicted molar refractivity (Wildman–Crippen MR) is 108 cm³/mol. The van der Waals surface area contributed by atoms with E-state index < -0.39 is 5.92 Å². The summed E-state index contributed by atoms with van der Waals surface area (Å²) in [6.45, 7) is 3.68. The highest BCUT2D eigenvalue weighted by Gasteiger charge is 2.42. The van der Waals surface area contributed by atoms with E-state index in [0.29, 0.717) is 5.02 Å². The Morgan fingerprint density at radius 1 is 1.22 bits per heavy atom. The summed E-state index contributed by atoms with van der Waals surface area (Å²) in [6.07, 6.45) is 0.191. The van der Waals surface area contributed by atoms with E-state index in [1.54, 1.807) is 18.0 Å². The number of hydrogen-bond acceptors (Lipinski definition) is 3. The zero-order chi connectivity index (χ0) is 19.4. The molecule has 1 fully saturated rings. The van der Waals surface area contributed by atoms with Crippen LogP contribution in [0.1, 0.15) is 30.5 Å². The molecule has 0 saturated carbocycles. The summed E-state index contributed by atoms with van der Waals surface area (Å²) in [5.41, 5.74) is 2.71. The van der Waals surface area contributed by atoms with Crippen molar-refractivity contribution in [3.8, 4) is 0 Å². The van der Waals surface area contributed by atoms with Gasteiger partial charge in [-0.15, -0.1) is 0 Å². The fraction of sp³-hybridized carbons (Fsp3) is 0.333. The van der Waals surface area contributed by atoms with Crippen molar-refractivity contribution in [2.75, 3.05) is 18.9 Å². The molecule has 0 spiro atoms. The van der Waals surface area contributed by atoms with Gasteiger partial charge in [0.25, 0.3) is 0 Å². The molecule has 0 radical (unpaired) electrons. The quantitative estimate of drug-likeness (QED) is 0.798. The molecule has 2 atom stereocenters. The first-order valence-corrected chi connectivity index (χ1v) is 9.49. The van der Waals surface area contributed by atoms with Gasteiger partial charge in [-0.25, -0.2) is 0 Å². The fourth-order valence-corrected chi connectivity index (χ4v) is 3.71. The number of halogens is 1. The second kappa shape index (κ2) is 8.55. The molecule has 1 aliphatic rings. The smallest absolute Gasteiger partial charge is 0.230 e. The molecule has 1 heterocycles. The van der Waals surface area contributed by atoms with Gasteiger partial charge in [0.2, 0.25) is 11.8 Å². The number of nitrogens with zero attached hydrogens (tertiary/aromatic N) is 1. The van der Waals surface area contributed by atoms with Gasteiger partial charge in [-0.1, -0.05) is 42.8 Å². The number of rotatable bonds is 6. The predicted octanol–water partition coefficient (Wildman–Crippen LogP) is 3.61. The molecule has 3 rings (SSSR count). The molecule has 0 aliphatic carbocycles. The molecule has 6 heteroatoms. The lowest BCUT2D eigenvalue weighted by atomic mass is 9.93. The van der Waals surface area contributed by atoms with E-state index >= 15 is 0 Å². The third kappa shape index (κ3) is 4.49. The topological polar surface area (TPSA) is 61.4 Å². The monoisotopic (exact) mass is 385 g/mol. The van der Waals surface area contributed by atoms with E-state index in [1.807, 2.05) is 42.5 Å². The van der Waals surface area contributed by atoms with E-state index in [2.05, 4.69) is 17.6 Å². The van der Waals surface area contributed by atoms with E-state index in [9.17, 15) is 9.59 Å². The Balaban J connectivity index is 1.79. The summed E-state index contributed by atoms with van der Waals surface area (Å²) < 4.78 is 0. The number of carbonyl (C=O) groups excluding carboxylic acids is 2. The molecule has 1 aliphatic heterocycles. The van der Waals surface area contributed by atoms with E-state index in [0.717, 1.165) is 29.9 Å². The van der Waals surface area contributed by atoms with Crippen molar-refractivity contribution in [1.29, 1.82) is 0 Å². The van der Waals surface area contributed by atoms with E-state index in [4.69, 9.17) is 11.6 Å². The maximum atomic E-state index is 13.0. The molecule has 2 unspecified atom stereocenters. The van der Waals surface area contributed by atoms with Crippen LogP contribution < -0.4 is 10.6 Å². The largest absolute Gasteiger partial charge is 0.338 e. The Labute approximate surface area is 164 Å². The van der Waals surface area contributed by atoms with Gasteiger partial charge in [0, 0.05) is 30.7 Å². The zero-order valence-electron chi connectivity index (χ0n) is 15.5. The van der Waals surface area contributed by atoms with Crippen LogP contribution >= 0.6 is 11.6 Å². The Kier molecular flexibility index (Phi) is 6.14. The first-order chi connectivity index (χ1) is 13.0. The normalized spacial score (nSPS) is 19.4. The molecule has 0 aromatic heterocycles. The van der Waals surface area contributed by atoms with E-state index in [1.165, 1.54) is 0 Å². The first kappa shape index (κ1) is 19.4. The number of anilines is 1. The summed E-state index contributed by atoms with van der Waals surface area (Å²) in [6, 6.07) is 14.8. The van der Waals surface area contributed by atoms with Crippen molar-refractivity contribution in [2.45, 2.75) is 25.9 Å². The average molecular weight is 386 g/mol. The van der Waals surface area contributed by atoms with Crippen molar-refractivity contribution < 1.29 is 9.59 Å². The van der Waals surface area contributed by atoms with Crippen LogP contribution in [0.4, 0.5) is 5.69 Å². The number of amides is 2. The minimum Gasteiger partial charge on any atom is -0.338 e. The van der Waals surface area contributed by atoms with Gasteiger partial charge in [0.15, 0.2) is 0 Å². The molecule has 1 saturated heterocycles. The van der Waals surface area contributed by atoms with Gasteiger partial charge < -0.3 is 15.5 Å². The highest BCUT2D eigenvalue weighted by Crippen LogP contribution is 2.38. The van der Waals surface area contributed by atoms with Gasteiger partial charge >= 0.3 is 0 Å². The van der Waals surface area contributed by atoms with Crippen molar-refractivity contribution >= 4 is 29.1 Å². The Morgan fingerprint density at radius 3 is 2.74 bits per heavy atom. The van der Waals surface area contributed by atoms with Crippen molar-refractivity contribution in [3.05, 3.63) is 64.7 Å². The second-order valence-corrected chi connectivity index (χ2v) is 7.22. The van der Waals surface area contributed by atoms with Gasteiger partial charge in [-0.2, -0.15) is 0 Å². The lowest BCUT2D eigenvalue weighted by Gasteiger charge is -2.25. The molecule has 142 valence electrons.